The van der Waals surface area contributed by atoms with E-state index in [1.54, 1.807) is 6.33 Å². The fraction of sp³-hybridized carbons (Fsp3) is 0.500. The van der Waals surface area contributed by atoms with Gasteiger partial charge in [0.1, 0.15) is 6.33 Å². The van der Waals surface area contributed by atoms with Gasteiger partial charge in [-0.2, -0.15) is 0 Å². The summed E-state index contributed by atoms with van der Waals surface area (Å²) in [5.74, 6) is 2.78. The number of aryl methyl sites for hydroxylation is 1. The SMILES string of the molecule is Cn1cnnc1-c1cccc(NC2CC3CCC2C3)c1. The molecule has 3 unspecified atom stereocenters. The minimum atomic E-state index is 0.670. The predicted octanol–water partition coefficient (Wildman–Crippen LogP) is 3.08. The molecule has 1 aromatic carbocycles. The second kappa shape index (κ2) is 4.62. The Balaban J connectivity index is 1.56. The van der Waals surface area contributed by atoms with Gasteiger partial charge < -0.3 is 9.88 Å². The van der Waals surface area contributed by atoms with Gasteiger partial charge in [0, 0.05) is 24.3 Å². The van der Waals surface area contributed by atoms with Crippen LogP contribution >= 0.6 is 0 Å². The molecule has 20 heavy (non-hydrogen) atoms. The Kier molecular flexibility index (Phi) is 2.76. The van der Waals surface area contributed by atoms with E-state index in [0.29, 0.717) is 6.04 Å². The molecular weight excluding hydrogens is 248 g/mol. The summed E-state index contributed by atoms with van der Waals surface area (Å²) in [4.78, 5) is 0. The summed E-state index contributed by atoms with van der Waals surface area (Å²) in [6.07, 6.45) is 7.37. The molecule has 2 aliphatic carbocycles. The molecule has 2 saturated carbocycles. The van der Waals surface area contributed by atoms with Crippen LogP contribution in [-0.4, -0.2) is 20.8 Å². The van der Waals surface area contributed by atoms with Crippen molar-refractivity contribution in [3.05, 3.63) is 30.6 Å². The summed E-state index contributed by atoms with van der Waals surface area (Å²) in [6.45, 7) is 0. The smallest absolute Gasteiger partial charge is 0.163 e. The number of hydrogen-bond donors (Lipinski definition) is 1. The largest absolute Gasteiger partial charge is 0.382 e. The summed E-state index contributed by atoms with van der Waals surface area (Å²) in [7, 11) is 1.98. The Labute approximate surface area is 119 Å². The lowest BCUT2D eigenvalue weighted by Gasteiger charge is -2.24. The zero-order chi connectivity index (χ0) is 13.5. The minimum Gasteiger partial charge on any atom is -0.382 e. The molecule has 4 rings (SSSR count). The highest BCUT2D eigenvalue weighted by molar-refractivity contribution is 5.62. The Morgan fingerprint density at radius 1 is 1.25 bits per heavy atom. The van der Waals surface area contributed by atoms with E-state index in [2.05, 4.69) is 39.8 Å². The number of anilines is 1. The fourth-order valence-corrected chi connectivity index (χ4v) is 3.93. The van der Waals surface area contributed by atoms with Gasteiger partial charge in [0.05, 0.1) is 0 Å². The number of aromatic nitrogens is 3. The third-order valence-electron chi connectivity index (χ3n) is 4.92. The van der Waals surface area contributed by atoms with Crippen molar-refractivity contribution in [1.82, 2.24) is 14.8 Å². The Bertz CT molecular complexity index is 618. The number of hydrogen-bond acceptors (Lipinski definition) is 3. The molecule has 4 nitrogen and oxygen atoms in total. The molecule has 0 aliphatic heterocycles. The second-order valence-corrected chi connectivity index (χ2v) is 6.27. The first-order chi connectivity index (χ1) is 9.79. The average molecular weight is 268 g/mol. The third-order valence-corrected chi connectivity index (χ3v) is 4.92. The molecule has 0 amide bonds. The van der Waals surface area contributed by atoms with E-state index in [0.717, 1.165) is 23.2 Å². The highest BCUT2D eigenvalue weighted by Crippen LogP contribution is 2.45. The number of fused-ring (bicyclic) bond motifs is 2. The third kappa shape index (κ3) is 1.99. The Morgan fingerprint density at radius 3 is 2.90 bits per heavy atom. The van der Waals surface area contributed by atoms with E-state index in [1.165, 1.54) is 31.4 Å². The van der Waals surface area contributed by atoms with Crippen LogP contribution in [0.25, 0.3) is 11.4 Å². The van der Waals surface area contributed by atoms with Gasteiger partial charge in [-0.15, -0.1) is 10.2 Å². The van der Waals surface area contributed by atoms with Gasteiger partial charge in [-0.3, -0.25) is 0 Å². The first-order valence-electron chi connectivity index (χ1n) is 7.50. The van der Waals surface area contributed by atoms with E-state index < -0.39 is 0 Å². The van der Waals surface area contributed by atoms with Gasteiger partial charge in [0.25, 0.3) is 0 Å². The normalized spacial score (nSPS) is 27.9. The summed E-state index contributed by atoms with van der Waals surface area (Å²) < 4.78 is 1.96. The zero-order valence-electron chi connectivity index (χ0n) is 11.8. The van der Waals surface area contributed by atoms with Crippen LogP contribution in [0.5, 0.6) is 0 Å². The highest BCUT2D eigenvalue weighted by atomic mass is 15.2. The van der Waals surface area contributed by atoms with Crippen LogP contribution in [0.1, 0.15) is 25.7 Å². The molecule has 0 saturated heterocycles. The van der Waals surface area contributed by atoms with Crippen LogP contribution in [0.3, 0.4) is 0 Å². The molecule has 1 heterocycles. The van der Waals surface area contributed by atoms with Crippen molar-refractivity contribution in [1.29, 1.82) is 0 Å². The lowest BCUT2D eigenvalue weighted by Crippen LogP contribution is -2.25. The van der Waals surface area contributed by atoms with Crippen LogP contribution in [0.4, 0.5) is 5.69 Å². The van der Waals surface area contributed by atoms with Gasteiger partial charge in [-0.25, -0.2) is 0 Å². The lowest BCUT2D eigenvalue weighted by atomic mass is 9.95. The topological polar surface area (TPSA) is 42.7 Å². The highest BCUT2D eigenvalue weighted by Gasteiger charge is 2.39. The molecule has 1 N–H and O–H groups in total. The van der Waals surface area contributed by atoms with Crippen molar-refractivity contribution in [3.63, 3.8) is 0 Å². The van der Waals surface area contributed by atoms with Crippen LogP contribution in [0.2, 0.25) is 0 Å². The van der Waals surface area contributed by atoms with Gasteiger partial charge in [-0.1, -0.05) is 18.6 Å². The molecule has 2 fully saturated rings. The minimum absolute atomic E-state index is 0.670. The van der Waals surface area contributed by atoms with Gasteiger partial charge >= 0.3 is 0 Å². The number of nitrogens with one attached hydrogen (secondary N) is 1. The number of nitrogens with zero attached hydrogens (tertiary/aromatic N) is 3. The van der Waals surface area contributed by atoms with Crippen molar-refractivity contribution in [2.45, 2.75) is 31.7 Å². The van der Waals surface area contributed by atoms with E-state index >= 15 is 0 Å². The Hall–Kier alpha value is -1.84. The number of benzene rings is 1. The summed E-state index contributed by atoms with van der Waals surface area (Å²) in [5, 5.41) is 11.9. The maximum absolute atomic E-state index is 4.18. The molecule has 104 valence electrons. The summed E-state index contributed by atoms with van der Waals surface area (Å²) in [5.41, 5.74) is 2.33. The molecule has 3 atom stereocenters. The molecule has 2 aliphatic rings. The van der Waals surface area contributed by atoms with E-state index in [1.807, 2.05) is 11.6 Å². The fourth-order valence-electron chi connectivity index (χ4n) is 3.93. The van der Waals surface area contributed by atoms with Crippen molar-refractivity contribution in [2.75, 3.05) is 5.32 Å². The monoisotopic (exact) mass is 268 g/mol. The maximum atomic E-state index is 4.18. The Morgan fingerprint density at radius 2 is 2.20 bits per heavy atom. The molecule has 2 bridgehead atoms. The van der Waals surface area contributed by atoms with Gasteiger partial charge in [0.15, 0.2) is 5.82 Å². The van der Waals surface area contributed by atoms with Crippen LogP contribution in [-0.2, 0) is 7.05 Å². The zero-order valence-corrected chi connectivity index (χ0v) is 11.8. The number of rotatable bonds is 3. The second-order valence-electron chi connectivity index (χ2n) is 6.27. The first-order valence-corrected chi connectivity index (χ1v) is 7.50. The van der Waals surface area contributed by atoms with Crippen molar-refractivity contribution in [3.8, 4) is 11.4 Å². The van der Waals surface area contributed by atoms with Gasteiger partial charge in [-0.05, 0) is 43.2 Å². The predicted molar refractivity (Wildman–Crippen MR) is 79.3 cm³/mol. The molecule has 4 heteroatoms. The first kappa shape index (κ1) is 11.9. The van der Waals surface area contributed by atoms with Crippen LogP contribution < -0.4 is 5.32 Å². The molecule has 1 aromatic heterocycles. The lowest BCUT2D eigenvalue weighted by molar-refractivity contribution is 0.440. The molecular formula is C16H20N4. The van der Waals surface area contributed by atoms with Crippen molar-refractivity contribution < 1.29 is 0 Å². The van der Waals surface area contributed by atoms with Crippen LogP contribution in [0, 0.1) is 11.8 Å². The van der Waals surface area contributed by atoms with Crippen molar-refractivity contribution in [2.24, 2.45) is 18.9 Å². The molecule has 2 aromatic rings. The van der Waals surface area contributed by atoms with Crippen LogP contribution in [0.15, 0.2) is 30.6 Å². The van der Waals surface area contributed by atoms with E-state index in [9.17, 15) is 0 Å². The van der Waals surface area contributed by atoms with E-state index in [4.69, 9.17) is 0 Å². The van der Waals surface area contributed by atoms with Gasteiger partial charge in [0.2, 0.25) is 0 Å². The molecule has 0 spiro atoms. The summed E-state index contributed by atoms with van der Waals surface area (Å²) >= 11 is 0. The molecule has 0 radical (unpaired) electrons. The maximum Gasteiger partial charge on any atom is 0.163 e. The standard InChI is InChI=1S/C16H20N4/c1-20-10-17-19-16(20)13-3-2-4-14(9-13)18-15-8-11-5-6-12(15)7-11/h2-4,9-12,15,18H,5-8H2,1H3. The average Bonchev–Trinajstić information content (AvgIpc) is 3.15. The van der Waals surface area contributed by atoms with E-state index in [-0.39, 0.29) is 0 Å². The quantitative estimate of drug-likeness (QED) is 0.930. The summed E-state index contributed by atoms with van der Waals surface area (Å²) in [6, 6.07) is 9.21. The van der Waals surface area contributed by atoms with Crippen molar-refractivity contribution >= 4 is 5.69 Å².